The van der Waals surface area contributed by atoms with Gasteiger partial charge in [0.25, 0.3) is 5.69 Å². The smallest absolute Gasteiger partial charge is 0.293 e. The number of hydrogen-bond acceptors (Lipinski definition) is 3. The summed E-state index contributed by atoms with van der Waals surface area (Å²) in [4.78, 5) is 10.6. The van der Waals surface area contributed by atoms with Crippen molar-refractivity contribution in [2.75, 3.05) is 5.32 Å². The van der Waals surface area contributed by atoms with Gasteiger partial charge in [-0.3, -0.25) is 10.1 Å². The van der Waals surface area contributed by atoms with E-state index < -0.39 is 4.92 Å². The van der Waals surface area contributed by atoms with Crippen molar-refractivity contribution in [3.05, 3.63) is 67.5 Å². The van der Waals surface area contributed by atoms with E-state index in [1.54, 1.807) is 24.3 Å². The molecule has 1 N–H and O–H groups in total. The fourth-order valence-electron chi connectivity index (χ4n) is 1.87. The van der Waals surface area contributed by atoms with Crippen molar-refractivity contribution in [3.63, 3.8) is 0 Å². The van der Waals surface area contributed by atoms with E-state index in [1.165, 1.54) is 18.2 Å². The summed E-state index contributed by atoms with van der Waals surface area (Å²) in [5.41, 5.74) is 1.17. The lowest BCUT2D eigenvalue weighted by molar-refractivity contribution is -0.384. The Labute approximate surface area is 129 Å². The van der Waals surface area contributed by atoms with Gasteiger partial charge in [0.15, 0.2) is 0 Å². The van der Waals surface area contributed by atoms with Crippen LogP contribution in [0.3, 0.4) is 0 Å². The molecule has 0 aliphatic carbocycles. The van der Waals surface area contributed by atoms with Gasteiger partial charge in [-0.2, -0.15) is 0 Å². The van der Waals surface area contributed by atoms with Gasteiger partial charge in [-0.05, 0) is 59.3 Å². The van der Waals surface area contributed by atoms with Gasteiger partial charge >= 0.3 is 0 Å². The zero-order valence-corrected chi connectivity index (χ0v) is 12.8. The summed E-state index contributed by atoms with van der Waals surface area (Å²) in [6.07, 6.45) is 0. The minimum absolute atomic E-state index is 0.0140. The van der Waals surface area contributed by atoms with Crippen LogP contribution >= 0.6 is 22.6 Å². The molecule has 0 saturated carbocycles. The summed E-state index contributed by atoms with van der Waals surface area (Å²) >= 11 is 2.02. The third kappa shape index (κ3) is 3.44. The molecule has 20 heavy (non-hydrogen) atoms. The molecule has 0 bridgehead atoms. The molecule has 0 aliphatic heterocycles. The number of nitro groups is 1. The number of rotatable bonds is 4. The monoisotopic (exact) mass is 386 g/mol. The maximum absolute atomic E-state index is 13.2. The van der Waals surface area contributed by atoms with Gasteiger partial charge < -0.3 is 5.32 Å². The van der Waals surface area contributed by atoms with Crippen LogP contribution in [0.2, 0.25) is 0 Å². The van der Waals surface area contributed by atoms with Gasteiger partial charge in [-0.15, -0.1) is 0 Å². The van der Waals surface area contributed by atoms with Crippen molar-refractivity contribution >= 4 is 34.0 Å². The molecule has 1 atom stereocenters. The number of nitrogens with zero attached hydrogens (tertiary/aromatic N) is 1. The van der Waals surface area contributed by atoms with Crippen molar-refractivity contribution in [1.82, 2.24) is 0 Å². The predicted octanol–water partition coefficient (Wildman–Crippen LogP) is 4.51. The van der Waals surface area contributed by atoms with Crippen molar-refractivity contribution in [1.29, 1.82) is 0 Å². The first-order valence-electron chi connectivity index (χ1n) is 5.93. The molecule has 0 aromatic heterocycles. The molecule has 104 valence electrons. The zero-order chi connectivity index (χ0) is 14.7. The van der Waals surface area contributed by atoms with Crippen LogP contribution in [0.4, 0.5) is 15.8 Å². The summed E-state index contributed by atoms with van der Waals surface area (Å²) in [6, 6.07) is 10.9. The minimum atomic E-state index is -0.428. The Balaban J connectivity index is 2.28. The Morgan fingerprint density at radius 2 is 2.05 bits per heavy atom. The van der Waals surface area contributed by atoms with E-state index in [2.05, 4.69) is 5.32 Å². The molecule has 4 nitrogen and oxygen atoms in total. The summed E-state index contributed by atoms with van der Waals surface area (Å²) in [5.74, 6) is -0.326. The van der Waals surface area contributed by atoms with Crippen LogP contribution < -0.4 is 5.32 Å². The maximum atomic E-state index is 13.2. The summed E-state index contributed by atoms with van der Waals surface area (Å²) in [6.45, 7) is 1.83. The first-order chi connectivity index (χ1) is 9.47. The van der Waals surface area contributed by atoms with E-state index >= 15 is 0 Å². The number of halogens is 2. The van der Waals surface area contributed by atoms with Crippen LogP contribution in [-0.4, -0.2) is 4.92 Å². The molecule has 0 fully saturated rings. The molecule has 0 aliphatic rings. The van der Waals surface area contributed by atoms with E-state index in [0.717, 1.165) is 9.13 Å². The van der Waals surface area contributed by atoms with Crippen LogP contribution in [0, 0.1) is 19.5 Å². The van der Waals surface area contributed by atoms with Gasteiger partial charge in [-0.1, -0.05) is 12.1 Å². The Hall–Kier alpha value is -1.70. The normalized spacial score (nSPS) is 11.9. The predicted molar refractivity (Wildman–Crippen MR) is 84.3 cm³/mol. The molecule has 0 radical (unpaired) electrons. The Morgan fingerprint density at radius 1 is 1.30 bits per heavy atom. The Morgan fingerprint density at radius 3 is 2.70 bits per heavy atom. The van der Waals surface area contributed by atoms with Gasteiger partial charge in [0, 0.05) is 15.7 Å². The van der Waals surface area contributed by atoms with Crippen molar-refractivity contribution in [3.8, 4) is 0 Å². The lowest BCUT2D eigenvalue weighted by Gasteiger charge is -2.16. The summed E-state index contributed by atoms with van der Waals surface area (Å²) in [5, 5.41) is 14.1. The fourth-order valence-corrected chi connectivity index (χ4v) is 2.35. The van der Waals surface area contributed by atoms with Crippen LogP contribution in [0.1, 0.15) is 18.5 Å². The minimum Gasteiger partial charge on any atom is -0.373 e. The lowest BCUT2D eigenvalue weighted by atomic mass is 10.1. The average Bonchev–Trinajstić information content (AvgIpc) is 2.40. The summed E-state index contributed by atoms with van der Waals surface area (Å²) < 4.78 is 14.0. The topological polar surface area (TPSA) is 55.2 Å². The largest absolute Gasteiger partial charge is 0.373 e. The summed E-state index contributed by atoms with van der Waals surface area (Å²) in [7, 11) is 0. The Kier molecular flexibility index (Phi) is 4.53. The average molecular weight is 386 g/mol. The van der Waals surface area contributed by atoms with Crippen molar-refractivity contribution in [2.45, 2.75) is 13.0 Å². The van der Waals surface area contributed by atoms with Crippen LogP contribution in [0.15, 0.2) is 42.5 Å². The molecular weight excluding hydrogens is 374 g/mol. The molecule has 0 saturated heterocycles. The molecule has 0 heterocycles. The third-order valence-electron chi connectivity index (χ3n) is 2.88. The van der Waals surface area contributed by atoms with Crippen molar-refractivity contribution < 1.29 is 9.31 Å². The molecule has 0 spiro atoms. The first-order valence-corrected chi connectivity index (χ1v) is 7.01. The van der Waals surface area contributed by atoms with Gasteiger partial charge in [0.2, 0.25) is 0 Å². The van der Waals surface area contributed by atoms with Crippen molar-refractivity contribution in [2.24, 2.45) is 0 Å². The molecule has 0 amide bonds. The first kappa shape index (κ1) is 14.7. The highest BCUT2D eigenvalue weighted by molar-refractivity contribution is 14.1. The van der Waals surface area contributed by atoms with E-state index in [4.69, 9.17) is 0 Å². The second-order valence-corrected chi connectivity index (χ2v) is 5.59. The standard InChI is InChI=1S/C14H12FIN2O2/c1-9(10-3-2-4-11(15)7-10)17-13-6-5-12(16)8-14(13)18(19)20/h2-9,17H,1H3. The molecule has 2 aromatic carbocycles. The SMILES string of the molecule is CC(Nc1ccc(I)cc1[N+](=O)[O-])c1cccc(F)c1. The lowest BCUT2D eigenvalue weighted by Crippen LogP contribution is -2.08. The van der Waals surface area contributed by atoms with Crippen LogP contribution in [0.25, 0.3) is 0 Å². The van der Waals surface area contributed by atoms with E-state index in [1.807, 2.05) is 29.5 Å². The van der Waals surface area contributed by atoms with E-state index in [-0.39, 0.29) is 17.5 Å². The van der Waals surface area contributed by atoms with Crippen LogP contribution in [0.5, 0.6) is 0 Å². The molecule has 6 heteroatoms. The maximum Gasteiger partial charge on any atom is 0.293 e. The number of nitro benzene ring substituents is 1. The highest BCUT2D eigenvalue weighted by atomic mass is 127. The third-order valence-corrected chi connectivity index (χ3v) is 3.55. The Bertz CT molecular complexity index is 649. The van der Waals surface area contributed by atoms with Gasteiger partial charge in [-0.25, -0.2) is 4.39 Å². The quantitative estimate of drug-likeness (QED) is 0.478. The van der Waals surface area contributed by atoms with Gasteiger partial charge in [0.05, 0.1) is 4.92 Å². The second-order valence-electron chi connectivity index (χ2n) is 4.34. The molecule has 2 aromatic rings. The van der Waals surface area contributed by atoms with E-state index in [0.29, 0.717) is 5.69 Å². The van der Waals surface area contributed by atoms with E-state index in [9.17, 15) is 14.5 Å². The second kappa shape index (κ2) is 6.17. The number of anilines is 1. The molecular formula is C14H12FIN2O2. The van der Waals surface area contributed by atoms with Gasteiger partial charge in [0.1, 0.15) is 11.5 Å². The zero-order valence-electron chi connectivity index (χ0n) is 10.6. The highest BCUT2D eigenvalue weighted by Gasteiger charge is 2.16. The highest BCUT2D eigenvalue weighted by Crippen LogP contribution is 2.29. The molecule has 1 unspecified atom stereocenters. The fraction of sp³-hybridized carbons (Fsp3) is 0.143. The van der Waals surface area contributed by atoms with Crippen LogP contribution in [-0.2, 0) is 0 Å². The number of benzene rings is 2. The number of hydrogen-bond donors (Lipinski definition) is 1. The molecule has 2 rings (SSSR count). The number of nitrogens with one attached hydrogen (secondary N) is 1.